The first-order valence-corrected chi connectivity index (χ1v) is 5.36. The van der Waals surface area contributed by atoms with E-state index in [1.807, 2.05) is 6.92 Å². The van der Waals surface area contributed by atoms with Crippen LogP contribution in [0.5, 0.6) is 0 Å². The highest BCUT2D eigenvalue weighted by molar-refractivity contribution is 5.94. The molecule has 94 valence electrons. The van der Waals surface area contributed by atoms with E-state index >= 15 is 0 Å². The van der Waals surface area contributed by atoms with Gasteiger partial charge in [-0.2, -0.15) is 0 Å². The van der Waals surface area contributed by atoms with E-state index in [0.717, 1.165) is 0 Å². The minimum atomic E-state index is -1.08. The van der Waals surface area contributed by atoms with E-state index in [2.05, 4.69) is 10.3 Å². The van der Waals surface area contributed by atoms with E-state index in [9.17, 15) is 4.79 Å². The highest BCUT2D eigenvalue weighted by Gasteiger charge is 2.15. The lowest BCUT2D eigenvalue weighted by molar-refractivity contribution is 0.0697. The number of nitrogen functional groups attached to an aromatic ring is 1. The third-order valence-corrected chi connectivity index (χ3v) is 2.46. The van der Waals surface area contributed by atoms with Crippen LogP contribution in [0.1, 0.15) is 29.1 Å². The zero-order chi connectivity index (χ0) is 13.1. The Morgan fingerprint density at radius 1 is 1.61 bits per heavy atom. The molecule has 0 aliphatic heterocycles. The van der Waals surface area contributed by atoms with Gasteiger partial charge in [-0.15, -0.1) is 0 Å². The van der Waals surface area contributed by atoms with Gasteiger partial charge in [0.25, 0.3) is 0 Å². The Bertz CT molecular complexity index is 552. The van der Waals surface area contributed by atoms with Gasteiger partial charge >= 0.3 is 5.97 Å². The Morgan fingerprint density at radius 2 is 2.39 bits per heavy atom. The SMILES string of the molecule is CC(Nc1ncc(N)cc1C(=O)O)c1ccco1. The van der Waals surface area contributed by atoms with Gasteiger partial charge in [0.15, 0.2) is 0 Å². The van der Waals surface area contributed by atoms with Crippen LogP contribution >= 0.6 is 0 Å². The molecule has 0 bridgehead atoms. The summed E-state index contributed by atoms with van der Waals surface area (Å²) in [7, 11) is 0. The lowest BCUT2D eigenvalue weighted by Crippen LogP contribution is -2.12. The average Bonchev–Trinajstić information content (AvgIpc) is 2.84. The van der Waals surface area contributed by atoms with Crippen LogP contribution in [0, 0.1) is 0 Å². The topological polar surface area (TPSA) is 101 Å². The van der Waals surface area contributed by atoms with Gasteiger partial charge in [-0.3, -0.25) is 0 Å². The van der Waals surface area contributed by atoms with Crippen molar-refractivity contribution < 1.29 is 14.3 Å². The Morgan fingerprint density at radius 3 is 3.00 bits per heavy atom. The second-order valence-electron chi connectivity index (χ2n) is 3.85. The first-order valence-electron chi connectivity index (χ1n) is 5.36. The molecule has 0 fully saturated rings. The molecule has 0 amide bonds. The molecule has 0 radical (unpaired) electrons. The van der Waals surface area contributed by atoms with E-state index in [4.69, 9.17) is 15.3 Å². The molecule has 2 heterocycles. The van der Waals surface area contributed by atoms with Gasteiger partial charge in [-0.25, -0.2) is 9.78 Å². The minimum absolute atomic E-state index is 0.0356. The number of nitrogens with one attached hydrogen (secondary N) is 1. The summed E-state index contributed by atoms with van der Waals surface area (Å²) in [5, 5.41) is 12.1. The summed E-state index contributed by atoms with van der Waals surface area (Å²) < 4.78 is 5.23. The molecule has 0 aliphatic rings. The summed E-state index contributed by atoms with van der Waals surface area (Å²) in [5.41, 5.74) is 5.86. The maximum absolute atomic E-state index is 11.1. The number of aromatic nitrogens is 1. The Hall–Kier alpha value is -2.50. The van der Waals surface area contributed by atoms with Crippen LogP contribution in [0.3, 0.4) is 0 Å². The predicted molar refractivity (Wildman–Crippen MR) is 66.4 cm³/mol. The Kier molecular flexibility index (Phi) is 3.18. The molecule has 2 aromatic rings. The maximum Gasteiger partial charge on any atom is 0.339 e. The quantitative estimate of drug-likeness (QED) is 0.765. The van der Waals surface area contributed by atoms with Gasteiger partial charge in [-0.1, -0.05) is 0 Å². The van der Waals surface area contributed by atoms with Crippen molar-refractivity contribution in [1.82, 2.24) is 4.98 Å². The number of hydrogen-bond donors (Lipinski definition) is 3. The van der Waals surface area contributed by atoms with Gasteiger partial charge in [-0.05, 0) is 25.1 Å². The lowest BCUT2D eigenvalue weighted by atomic mass is 10.2. The van der Waals surface area contributed by atoms with E-state index < -0.39 is 5.97 Å². The number of carboxylic acid groups (broad SMARTS) is 1. The smallest absolute Gasteiger partial charge is 0.339 e. The molecule has 0 spiro atoms. The van der Waals surface area contributed by atoms with Crippen molar-refractivity contribution in [2.45, 2.75) is 13.0 Å². The number of carboxylic acids is 1. The van der Waals surface area contributed by atoms with Crippen molar-refractivity contribution in [2.75, 3.05) is 11.1 Å². The lowest BCUT2D eigenvalue weighted by Gasteiger charge is -2.14. The molecule has 6 nitrogen and oxygen atoms in total. The van der Waals surface area contributed by atoms with Crippen LogP contribution in [0.15, 0.2) is 35.1 Å². The molecule has 1 unspecified atom stereocenters. The zero-order valence-corrected chi connectivity index (χ0v) is 9.75. The van der Waals surface area contributed by atoms with Crippen molar-refractivity contribution >= 4 is 17.5 Å². The Balaban J connectivity index is 2.26. The second kappa shape index (κ2) is 4.79. The molecule has 0 saturated carbocycles. The summed E-state index contributed by atoms with van der Waals surface area (Å²) in [6, 6.07) is 4.75. The first-order chi connectivity index (χ1) is 8.58. The third kappa shape index (κ3) is 2.42. The predicted octanol–water partition coefficient (Wildman–Crippen LogP) is 2.13. The Labute approximate surface area is 103 Å². The van der Waals surface area contributed by atoms with E-state index in [1.54, 1.807) is 18.4 Å². The molecule has 0 aliphatic carbocycles. The van der Waals surface area contributed by atoms with Crippen LogP contribution in [0.4, 0.5) is 11.5 Å². The standard InChI is InChI=1S/C12H13N3O3/c1-7(10-3-2-4-18-10)15-11-9(12(16)17)5-8(13)6-14-11/h2-7H,13H2,1H3,(H,14,15)(H,16,17). The van der Waals surface area contributed by atoms with Crippen molar-refractivity contribution in [3.8, 4) is 0 Å². The summed E-state index contributed by atoms with van der Waals surface area (Å²) in [6.45, 7) is 1.85. The van der Waals surface area contributed by atoms with Gasteiger partial charge in [0, 0.05) is 0 Å². The molecular formula is C12H13N3O3. The fourth-order valence-corrected chi connectivity index (χ4v) is 1.57. The molecular weight excluding hydrogens is 234 g/mol. The largest absolute Gasteiger partial charge is 0.478 e. The molecule has 0 aromatic carbocycles. The number of carbonyl (C=O) groups is 1. The molecule has 2 aromatic heterocycles. The summed E-state index contributed by atoms with van der Waals surface area (Å²) in [5.74, 6) is -0.116. The molecule has 1 atom stereocenters. The molecule has 6 heteroatoms. The van der Waals surface area contributed by atoms with E-state index in [0.29, 0.717) is 11.4 Å². The molecule has 18 heavy (non-hydrogen) atoms. The number of pyridine rings is 1. The fraction of sp³-hybridized carbons (Fsp3) is 0.167. The van der Waals surface area contributed by atoms with Crippen LogP contribution in [-0.2, 0) is 0 Å². The molecule has 0 saturated heterocycles. The van der Waals surface area contributed by atoms with Crippen LogP contribution in [-0.4, -0.2) is 16.1 Å². The molecule has 4 N–H and O–H groups in total. The number of furan rings is 1. The maximum atomic E-state index is 11.1. The van der Waals surface area contributed by atoms with E-state index in [-0.39, 0.29) is 17.4 Å². The number of aromatic carboxylic acids is 1. The zero-order valence-electron chi connectivity index (χ0n) is 9.75. The highest BCUT2D eigenvalue weighted by Crippen LogP contribution is 2.22. The summed E-state index contributed by atoms with van der Waals surface area (Å²) in [4.78, 5) is 15.1. The summed E-state index contributed by atoms with van der Waals surface area (Å²) >= 11 is 0. The monoisotopic (exact) mass is 247 g/mol. The highest BCUT2D eigenvalue weighted by atomic mass is 16.4. The van der Waals surface area contributed by atoms with Gasteiger partial charge in [0.1, 0.15) is 17.1 Å². The molecule has 2 rings (SSSR count). The third-order valence-electron chi connectivity index (χ3n) is 2.46. The number of nitrogens with zero attached hydrogens (tertiary/aromatic N) is 1. The summed E-state index contributed by atoms with van der Waals surface area (Å²) in [6.07, 6.45) is 2.96. The van der Waals surface area contributed by atoms with Crippen LogP contribution < -0.4 is 11.1 Å². The minimum Gasteiger partial charge on any atom is -0.478 e. The van der Waals surface area contributed by atoms with Gasteiger partial charge in [0.05, 0.1) is 24.2 Å². The number of hydrogen-bond acceptors (Lipinski definition) is 5. The fourth-order valence-electron chi connectivity index (χ4n) is 1.57. The van der Waals surface area contributed by atoms with Gasteiger partial charge < -0.3 is 20.6 Å². The van der Waals surface area contributed by atoms with Crippen molar-refractivity contribution in [3.05, 3.63) is 42.0 Å². The van der Waals surface area contributed by atoms with Crippen LogP contribution in [0.2, 0.25) is 0 Å². The normalized spacial score (nSPS) is 12.1. The van der Waals surface area contributed by atoms with Crippen LogP contribution in [0.25, 0.3) is 0 Å². The first kappa shape index (κ1) is 12.0. The number of anilines is 2. The average molecular weight is 247 g/mol. The van der Waals surface area contributed by atoms with E-state index in [1.165, 1.54) is 12.3 Å². The number of nitrogens with two attached hydrogens (primary N) is 1. The van der Waals surface area contributed by atoms with Gasteiger partial charge in [0.2, 0.25) is 0 Å². The van der Waals surface area contributed by atoms with Crippen molar-refractivity contribution in [1.29, 1.82) is 0 Å². The number of rotatable bonds is 4. The second-order valence-corrected chi connectivity index (χ2v) is 3.85. The van der Waals surface area contributed by atoms with Crippen molar-refractivity contribution in [2.24, 2.45) is 0 Å². The van der Waals surface area contributed by atoms with Crippen molar-refractivity contribution in [3.63, 3.8) is 0 Å².